The smallest absolute Gasteiger partial charge is 0.264 e. The van der Waals surface area contributed by atoms with Crippen molar-refractivity contribution >= 4 is 66.7 Å². The molecule has 0 bridgehead atoms. The van der Waals surface area contributed by atoms with Crippen LogP contribution in [0.15, 0.2) is 76.1 Å². The van der Waals surface area contributed by atoms with Gasteiger partial charge in [-0.15, -0.1) is 0 Å². The van der Waals surface area contributed by atoms with Crippen molar-refractivity contribution in [2.45, 2.75) is 37.8 Å². The van der Waals surface area contributed by atoms with Gasteiger partial charge in [0.05, 0.1) is 10.6 Å². The summed E-state index contributed by atoms with van der Waals surface area (Å²) in [5, 5.41) is 3.35. The number of nitrogens with one attached hydrogen (secondary N) is 1. The zero-order valence-electron chi connectivity index (χ0n) is 21.1. The Morgan fingerprint density at radius 1 is 1.03 bits per heavy atom. The van der Waals surface area contributed by atoms with E-state index in [9.17, 15) is 18.0 Å². The summed E-state index contributed by atoms with van der Waals surface area (Å²) in [5.41, 5.74) is 1.77. The number of aryl methyl sites for hydroxylation is 1. The number of carbonyl (C=O) groups excluding carboxylic acids is 2. The van der Waals surface area contributed by atoms with E-state index in [4.69, 9.17) is 23.2 Å². The second-order valence-corrected chi connectivity index (χ2v) is 12.2. The second kappa shape index (κ2) is 13.0. The van der Waals surface area contributed by atoms with Gasteiger partial charge in [0.25, 0.3) is 10.0 Å². The minimum atomic E-state index is -4.14. The Bertz CT molecular complexity index is 1420. The molecule has 3 aromatic carbocycles. The van der Waals surface area contributed by atoms with Crippen LogP contribution in [-0.2, 0) is 26.2 Å². The first-order valence-electron chi connectivity index (χ1n) is 11.8. The summed E-state index contributed by atoms with van der Waals surface area (Å²) in [7, 11) is -2.66. The van der Waals surface area contributed by atoms with Crippen LogP contribution in [0.2, 0.25) is 10.0 Å². The van der Waals surface area contributed by atoms with Crippen molar-refractivity contribution < 1.29 is 18.0 Å². The Balaban J connectivity index is 2.08. The van der Waals surface area contributed by atoms with Gasteiger partial charge >= 0.3 is 0 Å². The first-order valence-corrected chi connectivity index (χ1v) is 14.8. The van der Waals surface area contributed by atoms with E-state index in [1.807, 2.05) is 6.92 Å². The van der Waals surface area contributed by atoms with E-state index in [-0.39, 0.29) is 17.3 Å². The van der Waals surface area contributed by atoms with Gasteiger partial charge in [-0.05, 0) is 61.4 Å². The molecule has 0 aliphatic heterocycles. The summed E-state index contributed by atoms with van der Waals surface area (Å²) in [4.78, 5) is 28.1. The van der Waals surface area contributed by atoms with Crippen LogP contribution in [0.3, 0.4) is 0 Å². The van der Waals surface area contributed by atoms with Crippen LogP contribution in [0.25, 0.3) is 0 Å². The van der Waals surface area contributed by atoms with Crippen LogP contribution in [0, 0.1) is 6.92 Å². The summed E-state index contributed by atoms with van der Waals surface area (Å²) in [6, 6.07) is 17.1. The van der Waals surface area contributed by atoms with Crippen LogP contribution in [0.5, 0.6) is 0 Å². The number of nitrogens with zero attached hydrogens (tertiary/aromatic N) is 2. The average Bonchev–Trinajstić information content (AvgIpc) is 2.88. The lowest BCUT2D eigenvalue weighted by Crippen LogP contribution is -2.51. The Morgan fingerprint density at radius 2 is 1.71 bits per heavy atom. The molecule has 7 nitrogen and oxygen atoms in total. The number of hydrogen-bond acceptors (Lipinski definition) is 4. The molecule has 3 rings (SSSR count). The largest absolute Gasteiger partial charge is 0.357 e. The quantitative estimate of drug-likeness (QED) is 0.303. The number of hydrogen-bond donors (Lipinski definition) is 1. The molecule has 3 aromatic rings. The maximum Gasteiger partial charge on any atom is 0.264 e. The number of likely N-dealkylation sites (N-methyl/N-ethyl adjacent to an activating group) is 1. The lowest BCUT2D eigenvalue weighted by atomic mass is 10.1. The predicted molar refractivity (Wildman–Crippen MR) is 155 cm³/mol. The van der Waals surface area contributed by atoms with Gasteiger partial charge in [0, 0.05) is 28.1 Å². The summed E-state index contributed by atoms with van der Waals surface area (Å²) in [6.07, 6.45) is 0.304. The van der Waals surface area contributed by atoms with Crippen molar-refractivity contribution in [1.82, 2.24) is 10.2 Å². The van der Waals surface area contributed by atoms with Crippen LogP contribution in [0.4, 0.5) is 5.69 Å². The summed E-state index contributed by atoms with van der Waals surface area (Å²) in [6.45, 7) is 3.08. The number of amides is 2. The van der Waals surface area contributed by atoms with Crippen molar-refractivity contribution in [2.75, 3.05) is 17.9 Å². The maximum atomic E-state index is 13.9. The zero-order valence-corrected chi connectivity index (χ0v) is 25.0. The predicted octanol–water partition coefficient (Wildman–Crippen LogP) is 5.81. The fourth-order valence-corrected chi connectivity index (χ4v) is 6.18. The third-order valence-corrected chi connectivity index (χ3v) is 8.84. The van der Waals surface area contributed by atoms with Crippen molar-refractivity contribution in [3.63, 3.8) is 0 Å². The molecule has 2 amide bonds. The van der Waals surface area contributed by atoms with Gasteiger partial charge in [-0.1, -0.05) is 75.9 Å². The van der Waals surface area contributed by atoms with Crippen LogP contribution in [0.1, 0.15) is 24.5 Å². The maximum absolute atomic E-state index is 13.9. The topological polar surface area (TPSA) is 86.8 Å². The number of carbonyl (C=O) groups is 2. The van der Waals surface area contributed by atoms with Gasteiger partial charge < -0.3 is 10.2 Å². The first-order chi connectivity index (χ1) is 18.0. The van der Waals surface area contributed by atoms with E-state index in [0.717, 1.165) is 9.87 Å². The fourth-order valence-electron chi connectivity index (χ4n) is 3.92. The molecule has 202 valence electrons. The summed E-state index contributed by atoms with van der Waals surface area (Å²) < 4.78 is 29.3. The van der Waals surface area contributed by atoms with E-state index in [1.165, 1.54) is 24.1 Å². The molecule has 0 saturated carbocycles. The van der Waals surface area contributed by atoms with E-state index in [0.29, 0.717) is 32.2 Å². The average molecular weight is 641 g/mol. The highest BCUT2D eigenvalue weighted by atomic mass is 79.9. The molecule has 0 aromatic heterocycles. The molecule has 0 heterocycles. The van der Waals surface area contributed by atoms with Gasteiger partial charge in [-0.2, -0.15) is 0 Å². The molecule has 0 aliphatic carbocycles. The number of rotatable bonds is 10. The number of halogens is 3. The van der Waals surface area contributed by atoms with Gasteiger partial charge in [-0.25, -0.2) is 8.42 Å². The third kappa shape index (κ3) is 7.08. The highest BCUT2D eigenvalue weighted by molar-refractivity contribution is 9.10. The van der Waals surface area contributed by atoms with Crippen LogP contribution < -0.4 is 9.62 Å². The van der Waals surface area contributed by atoms with Crippen molar-refractivity contribution in [2.24, 2.45) is 0 Å². The van der Waals surface area contributed by atoms with E-state index in [2.05, 4.69) is 21.2 Å². The number of sulfonamides is 1. The van der Waals surface area contributed by atoms with Gasteiger partial charge in [0.1, 0.15) is 12.6 Å². The number of benzene rings is 3. The minimum Gasteiger partial charge on any atom is -0.357 e. The highest BCUT2D eigenvalue weighted by Gasteiger charge is 2.33. The lowest BCUT2D eigenvalue weighted by Gasteiger charge is -2.33. The second-order valence-electron chi connectivity index (χ2n) is 8.60. The van der Waals surface area contributed by atoms with Crippen molar-refractivity contribution in [3.05, 3.63) is 92.4 Å². The van der Waals surface area contributed by atoms with E-state index < -0.39 is 28.5 Å². The normalized spacial score (nSPS) is 12.1. The van der Waals surface area contributed by atoms with Crippen LogP contribution in [-0.4, -0.2) is 44.8 Å². The SMILES string of the molecule is CC[C@@H](C(=O)NC)N(Cc1ccc(Cl)cc1Cl)C(=O)CN(c1cccc(Br)c1)S(=O)(=O)c1ccc(C)cc1. The molecule has 1 atom stereocenters. The minimum absolute atomic E-state index is 0.0162. The van der Waals surface area contributed by atoms with Gasteiger partial charge in [0.2, 0.25) is 11.8 Å². The molecule has 38 heavy (non-hydrogen) atoms. The molecule has 0 fully saturated rings. The monoisotopic (exact) mass is 639 g/mol. The third-order valence-electron chi connectivity index (χ3n) is 5.97. The van der Waals surface area contributed by atoms with E-state index >= 15 is 0 Å². The summed E-state index contributed by atoms with van der Waals surface area (Å²) >= 11 is 15.8. The van der Waals surface area contributed by atoms with Crippen molar-refractivity contribution in [1.29, 1.82) is 0 Å². The Labute approximate surface area is 241 Å². The molecule has 0 unspecified atom stereocenters. The number of anilines is 1. The molecule has 0 radical (unpaired) electrons. The van der Waals surface area contributed by atoms with Gasteiger partial charge in [0.15, 0.2) is 0 Å². The lowest BCUT2D eigenvalue weighted by molar-refractivity contribution is -0.140. The first kappa shape index (κ1) is 30.0. The Kier molecular flexibility index (Phi) is 10.2. The highest BCUT2D eigenvalue weighted by Crippen LogP contribution is 2.28. The van der Waals surface area contributed by atoms with Gasteiger partial charge in [-0.3, -0.25) is 13.9 Å². The molecule has 0 aliphatic rings. The molecular formula is C27H28BrCl2N3O4S. The molecule has 0 spiro atoms. The molecule has 0 saturated heterocycles. The Hall–Kier alpha value is -2.59. The van der Waals surface area contributed by atoms with E-state index in [1.54, 1.807) is 61.5 Å². The van der Waals surface area contributed by atoms with Crippen LogP contribution >= 0.6 is 39.1 Å². The molecule has 11 heteroatoms. The Morgan fingerprint density at radius 3 is 2.29 bits per heavy atom. The fraction of sp³-hybridized carbons (Fsp3) is 0.259. The molecular weight excluding hydrogens is 613 g/mol. The zero-order chi connectivity index (χ0) is 28.0. The van der Waals surface area contributed by atoms with Crippen molar-refractivity contribution in [3.8, 4) is 0 Å². The standard InChI is InChI=1S/C27H28BrCl2N3O4S/c1-4-25(27(35)31-3)32(16-19-10-11-21(29)15-24(19)30)26(34)17-33(22-7-5-6-20(28)14-22)38(36,37)23-12-8-18(2)9-13-23/h5-15,25H,4,16-17H2,1-3H3,(H,31,35)/t25-/m0/s1. The summed E-state index contributed by atoms with van der Waals surface area (Å²) in [5.74, 6) is -0.941. The molecule has 1 N–H and O–H groups in total.